The molecule has 1 unspecified atom stereocenters. The van der Waals surface area contributed by atoms with Gasteiger partial charge in [-0.15, -0.1) is 11.6 Å². The first-order valence-electron chi connectivity index (χ1n) is 7.97. The second-order valence-electron chi connectivity index (χ2n) is 5.83. The fraction of sp³-hybridized carbons (Fsp3) is 0.333. The van der Waals surface area contributed by atoms with E-state index in [4.69, 9.17) is 21.1 Å². The van der Waals surface area contributed by atoms with Gasteiger partial charge in [-0.25, -0.2) is 4.98 Å². The molecular weight excluding hydrogens is 374 g/mol. The van der Waals surface area contributed by atoms with Crippen molar-refractivity contribution >= 4 is 33.4 Å². The highest BCUT2D eigenvalue weighted by Gasteiger charge is 2.19. The summed E-state index contributed by atoms with van der Waals surface area (Å²) in [5.41, 5.74) is 4.06. The summed E-state index contributed by atoms with van der Waals surface area (Å²) in [7, 11) is 1.81. The smallest absolute Gasteiger partial charge is 0.201 e. The first-order chi connectivity index (χ1) is 12.5. The fourth-order valence-corrected chi connectivity index (χ4v) is 4.49. The molecule has 0 bridgehead atoms. The second kappa shape index (κ2) is 7.63. The number of aryl methyl sites for hydroxylation is 1. The fourth-order valence-electron chi connectivity index (χ4n) is 2.90. The molecule has 2 aromatic heterocycles. The molecule has 8 heteroatoms. The molecule has 3 aromatic rings. The Bertz CT molecular complexity index is 987. The van der Waals surface area contributed by atoms with E-state index in [1.54, 1.807) is 25.0 Å². The summed E-state index contributed by atoms with van der Waals surface area (Å²) in [5, 5.41) is 0.420. The number of alkyl halides is 1. The lowest BCUT2D eigenvalue weighted by molar-refractivity contribution is 0.407. The molecule has 3 rings (SSSR count). The number of aromatic nitrogens is 3. The van der Waals surface area contributed by atoms with Crippen molar-refractivity contribution in [3.8, 4) is 11.5 Å². The highest BCUT2D eigenvalue weighted by molar-refractivity contribution is 7.84. The molecule has 138 valence electrons. The zero-order chi connectivity index (χ0) is 18.8. The monoisotopic (exact) mass is 393 g/mol. The third-order valence-electron chi connectivity index (χ3n) is 4.26. The minimum Gasteiger partial charge on any atom is -0.497 e. The Labute approximate surface area is 159 Å². The van der Waals surface area contributed by atoms with Gasteiger partial charge in [0.25, 0.3) is 0 Å². The second-order valence-corrected chi connectivity index (χ2v) is 7.42. The predicted molar refractivity (Wildman–Crippen MR) is 103 cm³/mol. The number of fused-ring (bicyclic) bond motifs is 1. The van der Waals surface area contributed by atoms with Gasteiger partial charge in [0, 0.05) is 23.4 Å². The average molecular weight is 394 g/mol. The maximum atomic E-state index is 13.0. The lowest BCUT2D eigenvalue weighted by Gasteiger charge is -2.12. The zero-order valence-corrected chi connectivity index (χ0v) is 16.6. The molecule has 2 heterocycles. The van der Waals surface area contributed by atoms with Gasteiger partial charge in [0.1, 0.15) is 11.5 Å². The number of ether oxygens (including phenoxy) is 2. The van der Waals surface area contributed by atoms with Crippen LogP contribution in [0.3, 0.4) is 0 Å². The van der Waals surface area contributed by atoms with Crippen LogP contribution in [0.15, 0.2) is 29.6 Å². The number of rotatable bonds is 6. The summed E-state index contributed by atoms with van der Waals surface area (Å²) < 4.78 is 25.4. The number of hydrogen-bond acceptors (Lipinski definition) is 5. The summed E-state index contributed by atoms with van der Waals surface area (Å²) in [6.07, 6.45) is 1.73. The quantitative estimate of drug-likeness (QED) is 0.599. The van der Waals surface area contributed by atoms with E-state index in [9.17, 15) is 4.21 Å². The van der Waals surface area contributed by atoms with Gasteiger partial charge in [-0.05, 0) is 26.0 Å². The Hall–Kier alpha value is -2.12. The standard InChI is InChI=1S/C18H20ClN3O3S/c1-11-8-20-15(12(2)17(11)25-4)9-26(23)18-21-14-6-5-13(24-3)7-16(14)22(18)10-19/h5-8H,9-10H2,1-4H3. The topological polar surface area (TPSA) is 66.2 Å². The Kier molecular flexibility index (Phi) is 5.48. The summed E-state index contributed by atoms with van der Waals surface area (Å²) in [5.74, 6) is 1.70. The number of hydrogen-bond donors (Lipinski definition) is 0. The van der Waals surface area contributed by atoms with Gasteiger partial charge in [-0.3, -0.25) is 9.19 Å². The van der Waals surface area contributed by atoms with Gasteiger partial charge in [-0.2, -0.15) is 0 Å². The number of benzene rings is 1. The molecule has 26 heavy (non-hydrogen) atoms. The molecule has 0 N–H and O–H groups in total. The van der Waals surface area contributed by atoms with Crippen LogP contribution in [0, 0.1) is 13.8 Å². The van der Waals surface area contributed by atoms with E-state index in [0.717, 1.165) is 33.6 Å². The van der Waals surface area contributed by atoms with Gasteiger partial charge in [-0.1, -0.05) is 0 Å². The van der Waals surface area contributed by atoms with E-state index >= 15 is 0 Å². The normalized spacial score (nSPS) is 12.3. The average Bonchev–Trinajstić information content (AvgIpc) is 3.02. The Morgan fingerprint density at radius 2 is 2.00 bits per heavy atom. The molecule has 1 aromatic carbocycles. The SMILES string of the molecule is COc1ccc2nc(S(=O)Cc3ncc(C)c(OC)c3C)n(CCl)c2c1. The Morgan fingerprint density at radius 3 is 2.65 bits per heavy atom. The van der Waals surface area contributed by atoms with Gasteiger partial charge < -0.3 is 14.0 Å². The van der Waals surface area contributed by atoms with Crippen molar-refractivity contribution in [3.63, 3.8) is 0 Å². The minimum atomic E-state index is -1.41. The molecule has 0 saturated heterocycles. The van der Waals surface area contributed by atoms with Crippen LogP contribution in [0.25, 0.3) is 11.0 Å². The first kappa shape index (κ1) is 18.7. The lowest BCUT2D eigenvalue weighted by Crippen LogP contribution is -2.08. The molecule has 0 aliphatic carbocycles. The van der Waals surface area contributed by atoms with Crippen LogP contribution < -0.4 is 9.47 Å². The van der Waals surface area contributed by atoms with Crippen LogP contribution in [0.2, 0.25) is 0 Å². The van der Waals surface area contributed by atoms with E-state index in [2.05, 4.69) is 9.97 Å². The van der Waals surface area contributed by atoms with E-state index in [1.807, 2.05) is 32.0 Å². The number of nitrogens with zero attached hydrogens (tertiary/aromatic N) is 3. The van der Waals surface area contributed by atoms with Crippen molar-refractivity contribution in [1.82, 2.24) is 14.5 Å². The third kappa shape index (κ3) is 3.29. The predicted octanol–water partition coefficient (Wildman–Crippen LogP) is 3.57. The van der Waals surface area contributed by atoms with E-state index in [-0.39, 0.29) is 11.8 Å². The zero-order valence-electron chi connectivity index (χ0n) is 15.1. The molecule has 0 fully saturated rings. The van der Waals surface area contributed by atoms with Crippen LogP contribution in [0.1, 0.15) is 16.8 Å². The highest BCUT2D eigenvalue weighted by atomic mass is 35.5. The number of imidazole rings is 1. The van der Waals surface area contributed by atoms with Crippen LogP contribution in [0.4, 0.5) is 0 Å². The van der Waals surface area contributed by atoms with Crippen molar-refractivity contribution in [2.24, 2.45) is 0 Å². The van der Waals surface area contributed by atoms with E-state index < -0.39 is 10.8 Å². The van der Waals surface area contributed by atoms with Crippen LogP contribution in [0.5, 0.6) is 11.5 Å². The van der Waals surface area contributed by atoms with Crippen molar-refractivity contribution in [2.75, 3.05) is 14.2 Å². The maximum Gasteiger partial charge on any atom is 0.201 e. The van der Waals surface area contributed by atoms with Gasteiger partial charge in [0.15, 0.2) is 0 Å². The maximum absolute atomic E-state index is 13.0. The molecule has 6 nitrogen and oxygen atoms in total. The van der Waals surface area contributed by atoms with E-state index in [1.165, 1.54) is 0 Å². The first-order valence-corrected chi connectivity index (χ1v) is 9.83. The van der Waals surface area contributed by atoms with Gasteiger partial charge >= 0.3 is 0 Å². The minimum absolute atomic E-state index is 0.147. The van der Waals surface area contributed by atoms with Crippen LogP contribution in [-0.4, -0.2) is 33.0 Å². The van der Waals surface area contributed by atoms with Crippen molar-refractivity contribution in [2.45, 2.75) is 30.8 Å². The molecule has 0 amide bonds. The van der Waals surface area contributed by atoms with Gasteiger partial charge in [0.05, 0.1) is 53.5 Å². The number of pyridine rings is 1. The molecule has 1 atom stereocenters. The summed E-state index contributed by atoms with van der Waals surface area (Å²) >= 11 is 6.11. The lowest BCUT2D eigenvalue weighted by atomic mass is 10.1. The highest BCUT2D eigenvalue weighted by Crippen LogP contribution is 2.28. The summed E-state index contributed by atoms with van der Waals surface area (Å²) in [6, 6.07) is 5.63. The molecule has 0 saturated carbocycles. The summed E-state index contributed by atoms with van der Waals surface area (Å²) in [6.45, 7) is 3.85. The summed E-state index contributed by atoms with van der Waals surface area (Å²) in [4.78, 5) is 8.93. The molecule has 0 spiro atoms. The Balaban J connectivity index is 2.01. The Morgan fingerprint density at radius 1 is 1.23 bits per heavy atom. The molecule has 0 aliphatic heterocycles. The number of methoxy groups -OCH3 is 2. The largest absolute Gasteiger partial charge is 0.497 e. The van der Waals surface area contributed by atoms with Crippen molar-refractivity contribution in [3.05, 3.63) is 41.2 Å². The third-order valence-corrected chi connectivity index (χ3v) is 5.75. The van der Waals surface area contributed by atoms with Gasteiger partial charge in [0.2, 0.25) is 5.16 Å². The van der Waals surface area contributed by atoms with Crippen LogP contribution in [-0.2, 0) is 22.6 Å². The molecule has 0 aliphatic rings. The molecular formula is C18H20ClN3O3S. The molecule has 0 radical (unpaired) electrons. The van der Waals surface area contributed by atoms with Crippen molar-refractivity contribution < 1.29 is 13.7 Å². The van der Waals surface area contributed by atoms with Crippen molar-refractivity contribution in [1.29, 1.82) is 0 Å². The number of halogens is 1. The van der Waals surface area contributed by atoms with Crippen LogP contribution >= 0.6 is 11.6 Å². The van der Waals surface area contributed by atoms with E-state index in [0.29, 0.717) is 10.9 Å².